The van der Waals surface area contributed by atoms with Crippen LogP contribution in [0.4, 0.5) is 10.1 Å². The van der Waals surface area contributed by atoms with Crippen LogP contribution >= 0.6 is 0 Å². The van der Waals surface area contributed by atoms with Gasteiger partial charge >= 0.3 is 7.12 Å². The summed E-state index contributed by atoms with van der Waals surface area (Å²) in [5.41, 5.74) is 6.35. The molecule has 1 saturated heterocycles. The Morgan fingerprint density at radius 3 is 2.11 bits per heavy atom. The maximum Gasteiger partial charge on any atom is 0.495 e. The molecule has 2 rings (SSSR count). The van der Waals surface area contributed by atoms with Gasteiger partial charge < -0.3 is 15.0 Å². The lowest BCUT2D eigenvalue weighted by Gasteiger charge is -2.32. The normalized spacial score (nSPS) is 21.3. The van der Waals surface area contributed by atoms with Gasteiger partial charge in [0.2, 0.25) is 0 Å². The average Bonchev–Trinajstić information content (AvgIpc) is 2.42. The maximum absolute atomic E-state index is 13.7. The van der Waals surface area contributed by atoms with Crippen LogP contribution in [0.1, 0.15) is 33.3 Å². The Labute approximate surface area is 108 Å². The molecule has 0 aromatic heterocycles. The minimum Gasteiger partial charge on any atom is -0.399 e. The fraction of sp³-hybridized carbons (Fsp3) is 0.538. The second-order valence-electron chi connectivity index (χ2n) is 5.81. The molecule has 1 aromatic carbocycles. The molecule has 1 aliphatic rings. The standard InChI is InChI=1S/C13H19BFNO2/c1-8-10(6-9(16)7-11(8)15)14-17-12(2,3)13(4,5)18-14/h6-7H,16H2,1-5H3. The molecule has 0 bridgehead atoms. The van der Waals surface area contributed by atoms with Crippen molar-refractivity contribution in [2.45, 2.75) is 45.8 Å². The van der Waals surface area contributed by atoms with Crippen molar-refractivity contribution in [1.29, 1.82) is 0 Å². The summed E-state index contributed by atoms with van der Waals surface area (Å²) in [5.74, 6) is -0.334. The third-order valence-electron chi connectivity index (χ3n) is 3.91. The Morgan fingerprint density at radius 2 is 1.61 bits per heavy atom. The molecule has 0 spiro atoms. The molecule has 5 heteroatoms. The quantitative estimate of drug-likeness (QED) is 0.613. The van der Waals surface area contributed by atoms with Crippen molar-refractivity contribution in [2.75, 3.05) is 5.73 Å². The SMILES string of the molecule is Cc1c(F)cc(N)cc1B1OC(C)(C)C(C)(C)O1. The van der Waals surface area contributed by atoms with Crippen LogP contribution in [-0.2, 0) is 9.31 Å². The number of hydrogen-bond acceptors (Lipinski definition) is 3. The number of benzene rings is 1. The second-order valence-corrected chi connectivity index (χ2v) is 5.81. The molecular weight excluding hydrogens is 232 g/mol. The summed E-state index contributed by atoms with van der Waals surface area (Å²) >= 11 is 0. The van der Waals surface area contributed by atoms with Gasteiger partial charge in [-0.15, -0.1) is 0 Å². The first-order chi connectivity index (χ1) is 8.14. The molecule has 1 aliphatic heterocycles. The highest BCUT2D eigenvalue weighted by Gasteiger charge is 2.52. The zero-order chi connectivity index (χ0) is 13.7. The van der Waals surface area contributed by atoms with E-state index in [1.807, 2.05) is 27.7 Å². The van der Waals surface area contributed by atoms with Gasteiger partial charge in [0, 0.05) is 5.69 Å². The van der Waals surface area contributed by atoms with E-state index in [0.717, 1.165) is 0 Å². The second kappa shape index (κ2) is 3.97. The molecule has 18 heavy (non-hydrogen) atoms. The molecule has 0 aliphatic carbocycles. The van der Waals surface area contributed by atoms with Crippen LogP contribution < -0.4 is 11.2 Å². The summed E-state index contributed by atoms with van der Waals surface area (Å²) in [6.45, 7) is 9.56. The lowest BCUT2D eigenvalue weighted by Crippen LogP contribution is -2.41. The van der Waals surface area contributed by atoms with Gasteiger partial charge in [-0.05, 0) is 57.8 Å². The molecule has 1 heterocycles. The Hall–Kier alpha value is -1.07. The van der Waals surface area contributed by atoms with Gasteiger partial charge in [0.05, 0.1) is 11.2 Å². The van der Waals surface area contributed by atoms with E-state index in [4.69, 9.17) is 15.0 Å². The number of nitrogens with two attached hydrogens (primary N) is 1. The van der Waals surface area contributed by atoms with Crippen molar-refractivity contribution in [2.24, 2.45) is 0 Å². The number of rotatable bonds is 1. The third-order valence-corrected chi connectivity index (χ3v) is 3.91. The zero-order valence-electron chi connectivity index (χ0n) is 11.5. The van der Waals surface area contributed by atoms with Gasteiger partial charge in [-0.25, -0.2) is 4.39 Å². The average molecular weight is 251 g/mol. The monoisotopic (exact) mass is 251 g/mol. The summed E-state index contributed by atoms with van der Waals surface area (Å²) in [5, 5.41) is 0. The van der Waals surface area contributed by atoms with Gasteiger partial charge in [0.25, 0.3) is 0 Å². The van der Waals surface area contributed by atoms with E-state index in [0.29, 0.717) is 16.7 Å². The highest BCUT2D eigenvalue weighted by molar-refractivity contribution is 6.62. The van der Waals surface area contributed by atoms with Crippen LogP contribution in [0.25, 0.3) is 0 Å². The van der Waals surface area contributed by atoms with E-state index < -0.39 is 18.3 Å². The molecule has 0 unspecified atom stereocenters. The van der Waals surface area contributed by atoms with Crippen molar-refractivity contribution in [3.8, 4) is 0 Å². The molecule has 0 saturated carbocycles. The van der Waals surface area contributed by atoms with E-state index in [-0.39, 0.29) is 5.82 Å². The minimum absolute atomic E-state index is 0.334. The summed E-state index contributed by atoms with van der Waals surface area (Å²) in [4.78, 5) is 0. The molecule has 98 valence electrons. The van der Waals surface area contributed by atoms with E-state index in [1.54, 1.807) is 13.0 Å². The minimum atomic E-state index is -0.576. The Bertz CT molecular complexity index is 472. The summed E-state index contributed by atoms with van der Waals surface area (Å²) < 4.78 is 25.5. The molecule has 1 fully saturated rings. The van der Waals surface area contributed by atoms with Gasteiger partial charge in [-0.2, -0.15) is 0 Å². The largest absolute Gasteiger partial charge is 0.495 e. The molecule has 0 atom stereocenters. The molecule has 0 radical (unpaired) electrons. The van der Waals surface area contributed by atoms with Crippen molar-refractivity contribution in [3.63, 3.8) is 0 Å². The van der Waals surface area contributed by atoms with E-state index in [9.17, 15) is 4.39 Å². The van der Waals surface area contributed by atoms with Crippen LogP contribution in [-0.4, -0.2) is 18.3 Å². The number of anilines is 1. The topological polar surface area (TPSA) is 44.5 Å². The van der Waals surface area contributed by atoms with Gasteiger partial charge in [-0.1, -0.05) is 0 Å². The predicted octanol–water partition coefficient (Wildman–Crippen LogP) is 2.02. The maximum atomic E-state index is 13.7. The fourth-order valence-electron chi connectivity index (χ4n) is 1.94. The summed E-state index contributed by atoms with van der Waals surface area (Å²) in [6, 6.07) is 3.02. The lowest BCUT2D eigenvalue weighted by atomic mass is 9.76. The highest BCUT2D eigenvalue weighted by Crippen LogP contribution is 2.36. The Kier molecular flexibility index (Phi) is 2.95. The third kappa shape index (κ3) is 2.02. The molecule has 3 nitrogen and oxygen atoms in total. The fourth-order valence-corrected chi connectivity index (χ4v) is 1.94. The van der Waals surface area contributed by atoms with Gasteiger partial charge in [-0.3, -0.25) is 0 Å². The van der Waals surface area contributed by atoms with Crippen LogP contribution in [0, 0.1) is 12.7 Å². The van der Waals surface area contributed by atoms with Gasteiger partial charge in [0.15, 0.2) is 0 Å². The van der Waals surface area contributed by atoms with Gasteiger partial charge in [0.1, 0.15) is 5.82 Å². The van der Waals surface area contributed by atoms with E-state index in [1.165, 1.54) is 6.07 Å². The van der Waals surface area contributed by atoms with Crippen LogP contribution in [0.3, 0.4) is 0 Å². The van der Waals surface area contributed by atoms with Crippen molar-refractivity contribution >= 4 is 18.3 Å². The summed E-state index contributed by atoms with van der Waals surface area (Å²) in [6.07, 6.45) is 0. The van der Waals surface area contributed by atoms with Crippen LogP contribution in [0.2, 0.25) is 0 Å². The summed E-state index contributed by atoms with van der Waals surface area (Å²) in [7, 11) is -0.576. The Morgan fingerprint density at radius 1 is 1.11 bits per heavy atom. The molecule has 1 aromatic rings. The molecule has 0 amide bonds. The van der Waals surface area contributed by atoms with Crippen molar-refractivity contribution in [1.82, 2.24) is 0 Å². The zero-order valence-corrected chi connectivity index (χ0v) is 11.5. The molecular formula is C13H19BFNO2. The highest BCUT2D eigenvalue weighted by atomic mass is 19.1. The smallest absolute Gasteiger partial charge is 0.399 e. The van der Waals surface area contributed by atoms with E-state index in [2.05, 4.69) is 0 Å². The van der Waals surface area contributed by atoms with Crippen LogP contribution in [0.15, 0.2) is 12.1 Å². The first-order valence-electron chi connectivity index (χ1n) is 6.05. The van der Waals surface area contributed by atoms with Crippen LogP contribution in [0.5, 0.6) is 0 Å². The van der Waals surface area contributed by atoms with Crippen molar-refractivity contribution in [3.05, 3.63) is 23.5 Å². The number of hydrogen-bond donors (Lipinski definition) is 1. The number of halogens is 1. The molecule has 2 N–H and O–H groups in total. The first-order valence-corrected chi connectivity index (χ1v) is 6.05. The lowest BCUT2D eigenvalue weighted by molar-refractivity contribution is 0.00578. The first kappa shape index (κ1) is 13.4. The number of nitrogen functional groups attached to an aromatic ring is 1. The Balaban J connectivity index is 2.41. The van der Waals surface area contributed by atoms with Crippen molar-refractivity contribution < 1.29 is 13.7 Å². The van der Waals surface area contributed by atoms with E-state index >= 15 is 0 Å². The predicted molar refractivity (Wildman–Crippen MR) is 71.3 cm³/mol.